The zero-order valence-corrected chi connectivity index (χ0v) is 15.4. The Morgan fingerprint density at radius 2 is 1.89 bits per heavy atom. The molecule has 0 radical (unpaired) electrons. The molecule has 0 saturated carbocycles. The van der Waals surface area contributed by atoms with Gasteiger partial charge in [0.2, 0.25) is 9.84 Å². The maximum Gasteiger partial charge on any atom is 0.207 e. The minimum Gasteiger partial charge on any atom is -0.372 e. The number of fused-ring (bicyclic) bond motifs is 1. The highest BCUT2D eigenvalue weighted by Crippen LogP contribution is 2.33. The molecule has 1 aromatic heterocycles. The third kappa shape index (κ3) is 2.82. The van der Waals surface area contributed by atoms with Crippen molar-refractivity contribution in [3.8, 4) is 11.8 Å². The molecular formula is C21H17N3O2S. The van der Waals surface area contributed by atoms with Gasteiger partial charge in [-0.1, -0.05) is 12.1 Å². The largest absolute Gasteiger partial charge is 0.372 e. The molecule has 1 unspecified atom stereocenters. The van der Waals surface area contributed by atoms with E-state index in [1.54, 1.807) is 42.6 Å². The van der Waals surface area contributed by atoms with Gasteiger partial charge < -0.3 is 9.88 Å². The van der Waals surface area contributed by atoms with Gasteiger partial charge in [0.1, 0.15) is 6.04 Å². The second-order valence-corrected chi connectivity index (χ2v) is 8.28. The normalized spacial score (nSPS) is 15.6. The van der Waals surface area contributed by atoms with Crippen LogP contribution in [-0.2, 0) is 9.84 Å². The highest BCUT2D eigenvalue weighted by molar-refractivity contribution is 7.91. The molecule has 2 heterocycles. The van der Waals surface area contributed by atoms with Crippen LogP contribution in [-0.4, -0.2) is 13.0 Å². The average Bonchev–Trinajstić information content (AvgIpc) is 3.21. The summed E-state index contributed by atoms with van der Waals surface area (Å²) in [6.07, 6.45) is 7.28. The first kappa shape index (κ1) is 17.1. The highest BCUT2D eigenvalue weighted by atomic mass is 32.2. The van der Waals surface area contributed by atoms with Gasteiger partial charge >= 0.3 is 0 Å². The van der Waals surface area contributed by atoms with Crippen LogP contribution in [0.15, 0.2) is 76.9 Å². The monoisotopic (exact) mass is 375 g/mol. The van der Waals surface area contributed by atoms with Gasteiger partial charge in [-0.3, -0.25) is 0 Å². The first-order valence-electron chi connectivity index (χ1n) is 8.46. The Balaban J connectivity index is 1.85. The van der Waals surface area contributed by atoms with Crippen molar-refractivity contribution in [2.24, 2.45) is 0 Å². The second-order valence-electron chi connectivity index (χ2n) is 6.36. The highest BCUT2D eigenvalue weighted by Gasteiger charge is 2.28. The van der Waals surface area contributed by atoms with E-state index in [0.717, 1.165) is 16.8 Å². The molecule has 1 aliphatic heterocycles. The SMILES string of the molecule is Cc1cc(S(=O)(=O)c2cccc3c2C(C#N)NC=C3)ccc1-n1cccc1. The summed E-state index contributed by atoms with van der Waals surface area (Å²) in [6.45, 7) is 1.89. The van der Waals surface area contributed by atoms with Gasteiger partial charge in [-0.15, -0.1) is 0 Å². The molecule has 0 amide bonds. The first-order chi connectivity index (χ1) is 13.0. The smallest absolute Gasteiger partial charge is 0.207 e. The fourth-order valence-electron chi connectivity index (χ4n) is 3.38. The summed E-state index contributed by atoms with van der Waals surface area (Å²) < 4.78 is 28.6. The molecule has 1 aliphatic rings. The van der Waals surface area contributed by atoms with Gasteiger partial charge in [-0.2, -0.15) is 5.26 Å². The Labute approximate surface area is 158 Å². The number of nitrogens with zero attached hydrogens (tertiary/aromatic N) is 2. The summed E-state index contributed by atoms with van der Waals surface area (Å²) in [5.41, 5.74) is 3.01. The summed E-state index contributed by atoms with van der Waals surface area (Å²) in [6, 6.07) is 15.5. The molecule has 0 aliphatic carbocycles. The molecule has 2 aromatic carbocycles. The molecule has 6 heteroatoms. The lowest BCUT2D eigenvalue weighted by molar-refractivity contribution is 0.592. The lowest BCUT2D eigenvalue weighted by Crippen LogP contribution is -2.21. The molecular weight excluding hydrogens is 358 g/mol. The van der Waals surface area contributed by atoms with Crippen LogP contribution in [0.3, 0.4) is 0 Å². The third-order valence-corrected chi connectivity index (χ3v) is 6.50. The van der Waals surface area contributed by atoms with Gasteiger partial charge in [0.25, 0.3) is 0 Å². The predicted molar refractivity (Wildman–Crippen MR) is 103 cm³/mol. The predicted octanol–water partition coefficient (Wildman–Crippen LogP) is 3.76. The van der Waals surface area contributed by atoms with E-state index in [4.69, 9.17) is 0 Å². The molecule has 5 nitrogen and oxygen atoms in total. The van der Waals surface area contributed by atoms with Crippen molar-refractivity contribution in [2.45, 2.75) is 22.8 Å². The first-order valence-corrected chi connectivity index (χ1v) is 9.95. The zero-order valence-electron chi connectivity index (χ0n) is 14.6. The Kier molecular flexibility index (Phi) is 4.09. The van der Waals surface area contributed by atoms with E-state index >= 15 is 0 Å². The number of rotatable bonds is 3. The van der Waals surface area contributed by atoms with Crippen LogP contribution in [0.5, 0.6) is 0 Å². The Morgan fingerprint density at radius 1 is 1.11 bits per heavy atom. The van der Waals surface area contributed by atoms with Crippen LogP contribution >= 0.6 is 0 Å². The minimum atomic E-state index is -3.77. The summed E-state index contributed by atoms with van der Waals surface area (Å²) >= 11 is 0. The molecule has 4 rings (SSSR count). The maximum absolute atomic E-state index is 13.3. The van der Waals surface area contributed by atoms with Crippen molar-refractivity contribution in [1.82, 2.24) is 9.88 Å². The van der Waals surface area contributed by atoms with Crippen molar-refractivity contribution >= 4 is 15.9 Å². The molecule has 0 spiro atoms. The van der Waals surface area contributed by atoms with E-state index < -0.39 is 15.9 Å². The van der Waals surface area contributed by atoms with E-state index in [9.17, 15) is 13.7 Å². The van der Waals surface area contributed by atoms with Crippen LogP contribution in [0.4, 0.5) is 0 Å². The van der Waals surface area contributed by atoms with E-state index in [1.807, 2.05) is 42.1 Å². The van der Waals surface area contributed by atoms with E-state index in [1.165, 1.54) is 0 Å². The molecule has 0 saturated heterocycles. The molecule has 3 aromatic rings. The van der Waals surface area contributed by atoms with Crippen LogP contribution in [0, 0.1) is 18.3 Å². The maximum atomic E-state index is 13.3. The number of nitriles is 1. The van der Waals surface area contributed by atoms with Gasteiger partial charge in [0.15, 0.2) is 0 Å². The third-order valence-electron chi connectivity index (χ3n) is 4.69. The number of nitrogens with one attached hydrogen (secondary N) is 1. The van der Waals surface area contributed by atoms with Crippen molar-refractivity contribution in [2.75, 3.05) is 0 Å². The van der Waals surface area contributed by atoms with Gasteiger partial charge in [0.05, 0.1) is 15.9 Å². The Hall–Kier alpha value is -3.30. The number of sulfone groups is 1. The summed E-state index contributed by atoms with van der Waals surface area (Å²) in [7, 11) is -3.77. The second kappa shape index (κ2) is 6.45. The van der Waals surface area contributed by atoms with Crippen molar-refractivity contribution < 1.29 is 8.42 Å². The van der Waals surface area contributed by atoms with Crippen molar-refractivity contribution in [3.63, 3.8) is 0 Å². The van der Waals surface area contributed by atoms with Crippen LogP contribution in [0.2, 0.25) is 0 Å². The molecule has 27 heavy (non-hydrogen) atoms. The average molecular weight is 375 g/mol. The lowest BCUT2D eigenvalue weighted by atomic mass is 9.99. The van der Waals surface area contributed by atoms with Crippen molar-refractivity contribution in [1.29, 1.82) is 5.26 Å². The molecule has 134 valence electrons. The fourth-order valence-corrected chi connectivity index (χ4v) is 4.99. The number of aromatic nitrogens is 1. The van der Waals surface area contributed by atoms with E-state index in [-0.39, 0.29) is 9.79 Å². The molecule has 1 N–H and O–H groups in total. The standard InChI is InChI=1S/C21H17N3O2S/c1-15-13-17(7-8-19(15)24-11-2-3-12-24)27(25,26)20-6-4-5-16-9-10-23-18(14-22)21(16)20/h2-13,18,23H,1H3. The minimum absolute atomic E-state index is 0.163. The van der Waals surface area contributed by atoms with Crippen LogP contribution in [0.1, 0.15) is 22.7 Å². The lowest BCUT2D eigenvalue weighted by Gasteiger charge is -2.21. The molecule has 0 bridgehead atoms. The summed E-state index contributed by atoms with van der Waals surface area (Å²) in [5, 5.41) is 12.4. The number of aryl methyl sites for hydroxylation is 1. The Morgan fingerprint density at radius 3 is 2.59 bits per heavy atom. The van der Waals surface area contributed by atoms with Crippen LogP contribution in [0.25, 0.3) is 11.8 Å². The summed E-state index contributed by atoms with van der Waals surface area (Å²) in [5.74, 6) is 0. The van der Waals surface area contributed by atoms with Gasteiger partial charge in [-0.05, 0) is 66.7 Å². The van der Waals surface area contributed by atoms with Gasteiger partial charge in [0, 0.05) is 23.6 Å². The quantitative estimate of drug-likeness (QED) is 0.756. The number of hydrogen-bond acceptors (Lipinski definition) is 4. The van der Waals surface area contributed by atoms with Crippen molar-refractivity contribution in [3.05, 3.63) is 83.8 Å². The number of benzene rings is 2. The molecule has 0 fully saturated rings. The zero-order chi connectivity index (χ0) is 19.0. The Bertz CT molecular complexity index is 1190. The molecule has 1 atom stereocenters. The van der Waals surface area contributed by atoms with Crippen LogP contribution < -0.4 is 5.32 Å². The number of hydrogen-bond donors (Lipinski definition) is 1. The fraction of sp³-hybridized carbons (Fsp3) is 0.0952. The van der Waals surface area contributed by atoms with E-state index in [2.05, 4.69) is 11.4 Å². The topological polar surface area (TPSA) is 74.9 Å². The van der Waals surface area contributed by atoms with E-state index in [0.29, 0.717) is 5.56 Å². The van der Waals surface area contributed by atoms with Gasteiger partial charge in [-0.25, -0.2) is 8.42 Å². The summed E-state index contributed by atoms with van der Waals surface area (Å²) in [4.78, 5) is 0.382.